The lowest BCUT2D eigenvalue weighted by Gasteiger charge is -2.29. The highest BCUT2D eigenvalue weighted by atomic mass is 32.2. The van der Waals surface area contributed by atoms with Gasteiger partial charge in [0.15, 0.2) is 0 Å². The summed E-state index contributed by atoms with van der Waals surface area (Å²) < 4.78 is 26.3. The molecule has 1 aromatic heterocycles. The van der Waals surface area contributed by atoms with E-state index in [4.69, 9.17) is 5.11 Å². The van der Waals surface area contributed by atoms with Crippen LogP contribution in [0.2, 0.25) is 0 Å². The normalized spacial score (nSPS) is 15.8. The number of carboxylic acids is 1. The maximum Gasteiger partial charge on any atom is 0.306 e. The number of benzene rings is 1. The minimum atomic E-state index is -3.75. The summed E-state index contributed by atoms with van der Waals surface area (Å²) in [7, 11) is -3.75. The number of carbonyl (C=O) groups is 2. The highest BCUT2D eigenvalue weighted by Crippen LogP contribution is 2.21. The number of carbonyl (C=O) groups excluding carboxylic acids is 1. The number of aryl methyl sites for hydroxylation is 1. The third kappa shape index (κ3) is 3.50. The van der Waals surface area contributed by atoms with Crippen LogP contribution in [0, 0.1) is 12.8 Å². The van der Waals surface area contributed by atoms with Crippen LogP contribution in [0.4, 0.5) is 0 Å². The Bertz CT molecular complexity index is 923. The first kappa shape index (κ1) is 18.2. The van der Waals surface area contributed by atoms with Crippen molar-refractivity contribution in [3.63, 3.8) is 0 Å². The number of likely N-dealkylation sites (tertiary alicyclic amines) is 1. The monoisotopic (exact) mass is 376 g/mol. The molecule has 1 saturated heterocycles. The highest BCUT2D eigenvalue weighted by Gasteiger charge is 2.28. The molecule has 1 amide bonds. The zero-order valence-corrected chi connectivity index (χ0v) is 15.1. The molecule has 0 aliphatic carbocycles. The van der Waals surface area contributed by atoms with Crippen LogP contribution in [0.3, 0.4) is 0 Å². The second kappa shape index (κ2) is 6.95. The number of hydrogen-bond donors (Lipinski definition) is 1. The minimum Gasteiger partial charge on any atom is -0.481 e. The molecule has 26 heavy (non-hydrogen) atoms. The Kier molecular flexibility index (Phi) is 4.86. The average Bonchev–Trinajstić information content (AvgIpc) is 3.12. The van der Waals surface area contributed by atoms with Gasteiger partial charge in [-0.15, -0.1) is 0 Å². The topological polar surface area (TPSA) is 96.7 Å². The molecule has 7 nitrogen and oxygen atoms in total. The molecular weight excluding hydrogens is 356 g/mol. The van der Waals surface area contributed by atoms with E-state index in [1.54, 1.807) is 17.0 Å². The fourth-order valence-electron chi connectivity index (χ4n) is 3.00. The Morgan fingerprint density at radius 2 is 1.69 bits per heavy atom. The summed E-state index contributed by atoms with van der Waals surface area (Å²) in [5.74, 6) is -1.55. The van der Waals surface area contributed by atoms with Crippen LogP contribution >= 0.6 is 0 Å². The molecule has 8 heteroatoms. The molecule has 138 valence electrons. The van der Waals surface area contributed by atoms with Crippen molar-refractivity contribution in [2.45, 2.75) is 24.7 Å². The standard InChI is InChI=1S/C18H20N2O5S/c1-13-2-4-16(5-3-13)26(24,25)20-11-8-15(12-20)17(21)19-9-6-14(7-10-19)18(22)23/h2-5,8,11-12,14H,6-7,9-10H2,1H3,(H,22,23). The van der Waals surface area contributed by atoms with Gasteiger partial charge in [0, 0.05) is 25.5 Å². The molecule has 0 radical (unpaired) electrons. The molecule has 3 rings (SSSR count). The van der Waals surface area contributed by atoms with Crippen molar-refractivity contribution in [3.05, 3.63) is 53.9 Å². The quantitative estimate of drug-likeness (QED) is 0.880. The summed E-state index contributed by atoms with van der Waals surface area (Å²) in [4.78, 5) is 25.3. The lowest BCUT2D eigenvalue weighted by atomic mass is 9.97. The molecule has 1 aliphatic rings. The molecule has 0 atom stereocenters. The van der Waals surface area contributed by atoms with E-state index in [9.17, 15) is 18.0 Å². The predicted molar refractivity (Wildman–Crippen MR) is 94.5 cm³/mol. The number of nitrogens with zero attached hydrogens (tertiary/aromatic N) is 2. The van der Waals surface area contributed by atoms with Crippen molar-refractivity contribution in [3.8, 4) is 0 Å². The lowest BCUT2D eigenvalue weighted by Crippen LogP contribution is -2.40. The van der Waals surface area contributed by atoms with Crippen molar-refractivity contribution >= 4 is 21.9 Å². The van der Waals surface area contributed by atoms with E-state index < -0.39 is 21.9 Å². The van der Waals surface area contributed by atoms with Crippen molar-refractivity contribution in [1.82, 2.24) is 8.87 Å². The molecule has 2 heterocycles. The van der Waals surface area contributed by atoms with E-state index in [0.29, 0.717) is 25.9 Å². The predicted octanol–water partition coefficient (Wildman–Crippen LogP) is 1.97. The minimum absolute atomic E-state index is 0.153. The van der Waals surface area contributed by atoms with Crippen LogP contribution in [0.1, 0.15) is 28.8 Å². The van der Waals surface area contributed by atoms with Gasteiger partial charge in [-0.3, -0.25) is 9.59 Å². The van der Waals surface area contributed by atoms with Crippen LogP contribution in [0.15, 0.2) is 47.6 Å². The Morgan fingerprint density at radius 3 is 2.27 bits per heavy atom. The molecule has 2 aromatic rings. The fraction of sp³-hybridized carbons (Fsp3) is 0.333. The van der Waals surface area contributed by atoms with Crippen LogP contribution in [0.25, 0.3) is 0 Å². The molecule has 0 unspecified atom stereocenters. The van der Waals surface area contributed by atoms with Gasteiger partial charge < -0.3 is 10.0 Å². The molecule has 0 spiro atoms. The third-order valence-electron chi connectivity index (χ3n) is 4.64. The highest BCUT2D eigenvalue weighted by molar-refractivity contribution is 7.90. The number of piperidine rings is 1. The van der Waals surface area contributed by atoms with Crippen molar-refractivity contribution in [1.29, 1.82) is 0 Å². The second-order valence-corrected chi connectivity index (χ2v) is 8.30. The Balaban J connectivity index is 1.76. The lowest BCUT2D eigenvalue weighted by molar-refractivity contribution is -0.143. The zero-order chi connectivity index (χ0) is 18.9. The summed E-state index contributed by atoms with van der Waals surface area (Å²) in [6.07, 6.45) is 3.47. The van der Waals surface area contributed by atoms with E-state index in [2.05, 4.69) is 0 Å². The summed E-state index contributed by atoms with van der Waals surface area (Å²) in [6.45, 7) is 2.58. The maximum absolute atomic E-state index is 12.6. The number of aliphatic carboxylic acids is 1. The van der Waals surface area contributed by atoms with Crippen LogP contribution in [0.5, 0.6) is 0 Å². The first-order chi connectivity index (χ1) is 12.3. The van der Waals surface area contributed by atoms with Gasteiger partial charge in [-0.2, -0.15) is 0 Å². The first-order valence-electron chi connectivity index (χ1n) is 8.31. The Labute approximate surface area is 151 Å². The second-order valence-electron chi connectivity index (χ2n) is 6.45. The van der Waals surface area contributed by atoms with Gasteiger partial charge in [0.1, 0.15) is 0 Å². The fourth-order valence-corrected chi connectivity index (χ4v) is 4.19. The number of amides is 1. The average molecular weight is 376 g/mol. The molecule has 1 fully saturated rings. The van der Waals surface area contributed by atoms with Gasteiger partial charge in [-0.25, -0.2) is 12.4 Å². The molecule has 0 saturated carbocycles. The zero-order valence-electron chi connectivity index (χ0n) is 14.3. The molecular formula is C18H20N2O5S. The van der Waals surface area contributed by atoms with Gasteiger partial charge >= 0.3 is 5.97 Å². The van der Waals surface area contributed by atoms with Crippen LogP contribution in [-0.4, -0.2) is 47.4 Å². The molecule has 1 N–H and O–H groups in total. The van der Waals surface area contributed by atoms with Gasteiger partial charge in [0.2, 0.25) is 0 Å². The molecule has 1 aliphatic heterocycles. The van der Waals surface area contributed by atoms with Gasteiger partial charge in [0.25, 0.3) is 15.9 Å². The summed E-state index contributed by atoms with van der Waals surface area (Å²) in [5.41, 5.74) is 1.23. The van der Waals surface area contributed by atoms with E-state index in [1.165, 1.54) is 30.6 Å². The number of aromatic nitrogens is 1. The molecule has 1 aromatic carbocycles. The summed E-state index contributed by atoms with van der Waals surface area (Å²) in [5, 5.41) is 9.02. The van der Waals surface area contributed by atoms with Crippen LogP contribution in [-0.2, 0) is 14.8 Å². The molecule has 0 bridgehead atoms. The van der Waals surface area contributed by atoms with Gasteiger partial charge in [-0.1, -0.05) is 17.7 Å². The third-order valence-corrected chi connectivity index (χ3v) is 6.29. The van der Waals surface area contributed by atoms with Gasteiger partial charge in [-0.05, 0) is 38.0 Å². The Morgan fingerprint density at radius 1 is 1.08 bits per heavy atom. The number of rotatable bonds is 4. The van der Waals surface area contributed by atoms with Crippen molar-refractivity contribution < 1.29 is 23.1 Å². The SMILES string of the molecule is Cc1ccc(S(=O)(=O)n2ccc(C(=O)N3CCC(C(=O)O)CC3)c2)cc1. The number of hydrogen-bond acceptors (Lipinski definition) is 4. The van der Waals surface area contributed by atoms with E-state index in [0.717, 1.165) is 9.54 Å². The Hall–Kier alpha value is -2.61. The van der Waals surface area contributed by atoms with Crippen molar-refractivity contribution in [2.75, 3.05) is 13.1 Å². The van der Waals surface area contributed by atoms with E-state index >= 15 is 0 Å². The largest absolute Gasteiger partial charge is 0.481 e. The maximum atomic E-state index is 12.6. The smallest absolute Gasteiger partial charge is 0.306 e. The van der Waals surface area contributed by atoms with Gasteiger partial charge in [0.05, 0.1) is 16.4 Å². The summed E-state index contributed by atoms with van der Waals surface area (Å²) >= 11 is 0. The number of carboxylic acid groups (broad SMARTS) is 1. The van der Waals surface area contributed by atoms with E-state index in [1.807, 2.05) is 6.92 Å². The first-order valence-corrected chi connectivity index (χ1v) is 9.75. The van der Waals surface area contributed by atoms with E-state index in [-0.39, 0.29) is 16.4 Å². The summed E-state index contributed by atoms with van der Waals surface area (Å²) in [6, 6.07) is 7.97. The van der Waals surface area contributed by atoms with Crippen LogP contribution < -0.4 is 0 Å². The van der Waals surface area contributed by atoms with Crippen molar-refractivity contribution in [2.24, 2.45) is 5.92 Å².